The van der Waals surface area contributed by atoms with Crippen LogP contribution in [0.5, 0.6) is 0 Å². The molecule has 6 heteroatoms. The Kier molecular flexibility index (Phi) is 7.34. The lowest BCUT2D eigenvalue weighted by Crippen LogP contribution is -2.45. The van der Waals surface area contributed by atoms with Crippen molar-refractivity contribution in [1.29, 1.82) is 0 Å². The molecule has 2 rings (SSSR count). The third-order valence-corrected chi connectivity index (χ3v) is 4.12. The number of nitrogens with one attached hydrogen (secondary N) is 1. The number of thiocarbonyl (C=S) groups is 1. The Labute approximate surface area is 147 Å². The van der Waals surface area contributed by atoms with Gasteiger partial charge in [0.05, 0.1) is 6.10 Å². The molecule has 1 aromatic rings. The van der Waals surface area contributed by atoms with Gasteiger partial charge in [-0.3, -0.25) is 10.1 Å². The fourth-order valence-corrected chi connectivity index (χ4v) is 2.82. The first-order valence-corrected chi connectivity index (χ1v) is 8.64. The zero-order chi connectivity index (χ0) is 17.4. The Morgan fingerprint density at radius 3 is 2.83 bits per heavy atom. The molecule has 1 atom stereocenters. The Hall–Kier alpha value is -1.79. The van der Waals surface area contributed by atoms with Crippen LogP contribution in [0.3, 0.4) is 0 Å². The van der Waals surface area contributed by atoms with Gasteiger partial charge in [-0.1, -0.05) is 19.1 Å². The summed E-state index contributed by atoms with van der Waals surface area (Å²) < 4.78 is 18.5. The lowest BCUT2D eigenvalue weighted by atomic mass is 10.2. The van der Waals surface area contributed by atoms with E-state index in [1.807, 2.05) is 4.90 Å². The van der Waals surface area contributed by atoms with Crippen molar-refractivity contribution in [3.05, 3.63) is 41.7 Å². The first-order valence-electron chi connectivity index (χ1n) is 8.23. The van der Waals surface area contributed by atoms with Crippen molar-refractivity contribution in [2.75, 3.05) is 19.7 Å². The lowest BCUT2D eigenvalue weighted by molar-refractivity contribution is -0.115. The summed E-state index contributed by atoms with van der Waals surface area (Å²) in [7, 11) is 0. The summed E-state index contributed by atoms with van der Waals surface area (Å²) in [6.45, 7) is 4.35. The second-order valence-electron chi connectivity index (χ2n) is 5.76. The van der Waals surface area contributed by atoms with Gasteiger partial charge in [-0.15, -0.1) is 0 Å². The SMILES string of the molecule is CCCN(CC1CCCO1)C(=S)NC(=O)/C=C/c1ccc(F)cc1. The number of ether oxygens (including phenoxy) is 1. The van der Waals surface area contributed by atoms with Crippen LogP contribution in [0.4, 0.5) is 4.39 Å². The lowest BCUT2D eigenvalue weighted by Gasteiger charge is -2.27. The zero-order valence-electron chi connectivity index (χ0n) is 13.8. The van der Waals surface area contributed by atoms with E-state index >= 15 is 0 Å². The number of hydrogen-bond acceptors (Lipinski definition) is 3. The highest BCUT2D eigenvalue weighted by Crippen LogP contribution is 2.13. The number of carbonyl (C=O) groups is 1. The Bertz CT molecular complexity index is 583. The average Bonchev–Trinajstić information content (AvgIpc) is 3.07. The van der Waals surface area contributed by atoms with Gasteiger partial charge in [-0.05, 0) is 55.3 Å². The summed E-state index contributed by atoms with van der Waals surface area (Å²) in [4.78, 5) is 14.0. The first-order chi connectivity index (χ1) is 11.6. The van der Waals surface area contributed by atoms with Crippen molar-refractivity contribution in [1.82, 2.24) is 10.2 Å². The first kappa shape index (κ1) is 18.5. The normalized spacial score (nSPS) is 17.2. The minimum absolute atomic E-state index is 0.182. The maximum absolute atomic E-state index is 12.8. The molecule has 1 aliphatic heterocycles. The molecule has 0 aromatic heterocycles. The van der Waals surface area contributed by atoms with E-state index in [1.165, 1.54) is 18.2 Å². The van der Waals surface area contributed by atoms with E-state index in [2.05, 4.69) is 12.2 Å². The predicted molar refractivity (Wildman–Crippen MR) is 97.0 cm³/mol. The second kappa shape index (κ2) is 9.49. The summed E-state index contributed by atoms with van der Waals surface area (Å²) in [5.41, 5.74) is 0.752. The van der Waals surface area contributed by atoms with Crippen molar-refractivity contribution in [3.8, 4) is 0 Å². The van der Waals surface area contributed by atoms with Crippen molar-refractivity contribution >= 4 is 29.3 Å². The van der Waals surface area contributed by atoms with Gasteiger partial charge in [0, 0.05) is 25.8 Å². The largest absolute Gasteiger partial charge is 0.376 e. The summed E-state index contributed by atoms with van der Waals surface area (Å²) >= 11 is 5.35. The van der Waals surface area contributed by atoms with Crippen LogP contribution in [0.1, 0.15) is 31.7 Å². The summed E-state index contributed by atoms with van der Waals surface area (Å²) in [5, 5.41) is 3.14. The van der Waals surface area contributed by atoms with Gasteiger partial charge in [-0.2, -0.15) is 0 Å². The average molecular weight is 350 g/mol. The molecule has 0 radical (unpaired) electrons. The maximum Gasteiger partial charge on any atom is 0.250 e. The van der Waals surface area contributed by atoms with E-state index in [1.54, 1.807) is 18.2 Å². The molecule has 0 saturated carbocycles. The highest BCUT2D eigenvalue weighted by molar-refractivity contribution is 7.80. The monoisotopic (exact) mass is 350 g/mol. The van der Waals surface area contributed by atoms with E-state index in [-0.39, 0.29) is 17.8 Å². The molecule has 1 amide bonds. The summed E-state index contributed by atoms with van der Waals surface area (Å²) in [5.74, 6) is -0.597. The quantitative estimate of drug-likeness (QED) is 0.632. The molecule has 0 aliphatic carbocycles. The number of rotatable bonds is 6. The van der Waals surface area contributed by atoms with E-state index in [0.717, 1.165) is 38.0 Å². The standard InChI is InChI=1S/C18H23FN2O2S/c1-2-11-21(13-16-4-3-12-23-16)18(24)20-17(22)10-7-14-5-8-15(19)9-6-14/h5-10,16H,2-4,11-13H2,1H3,(H,20,22,24)/b10-7+. The zero-order valence-corrected chi connectivity index (χ0v) is 14.7. The third kappa shape index (κ3) is 6.02. The number of carbonyl (C=O) groups excluding carboxylic acids is 1. The minimum Gasteiger partial charge on any atom is -0.376 e. The van der Waals surface area contributed by atoms with Crippen LogP contribution in [0, 0.1) is 5.82 Å². The van der Waals surface area contributed by atoms with Crippen LogP contribution in [-0.4, -0.2) is 41.7 Å². The Balaban J connectivity index is 1.87. The molecule has 1 aliphatic rings. The van der Waals surface area contributed by atoms with Crippen LogP contribution >= 0.6 is 12.2 Å². The van der Waals surface area contributed by atoms with E-state index in [9.17, 15) is 9.18 Å². The Morgan fingerprint density at radius 2 is 2.21 bits per heavy atom. The Morgan fingerprint density at radius 1 is 1.46 bits per heavy atom. The fraction of sp³-hybridized carbons (Fsp3) is 0.444. The minimum atomic E-state index is -0.304. The van der Waals surface area contributed by atoms with Gasteiger partial charge >= 0.3 is 0 Å². The van der Waals surface area contributed by atoms with Crippen LogP contribution in [0.15, 0.2) is 30.3 Å². The molecule has 4 nitrogen and oxygen atoms in total. The van der Waals surface area contributed by atoms with Crippen LogP contribution in [-0.2, 0) is 9.53 Å². The highest BCUT2D eigenvalue weighted by Gasteiger charge is 2.20. The van der Waals surface area contributed by atoms with Crippen molar-refractivity contribution in [2.45, 2.75) is 32.3 Å². The van der Waals surface area contributed by atoms with Gasteiger partial charge in [0.1, 0.15) is 5.82 Å². The van der Waals surface area contributed by atoms with Gasteiger partial charge in [-0.25, -0.2) is 4.39 Å². The molecule has 1 aromatic carbocycles. The molecular formula is C18H23FN2O2S. The number of amides is 1. The van der Waals surface area contributed by atoms with E-state index in [4.69, 9.17) is 17.0 Å². The van der Waals surface area contributed by atoms with Crippen molar-refractivity contribution < 1.29 is 13.9 Å². The molecule has 0 bridgehead atoms. The number of nitrogens with zero attached hydrogens (tertiary/aromatic N) is 1. The highest BCUT2D eigenvalue weighted by atomic mass is 32.1. The predicted octanol–water partition coefficient (Wildman–Crippen LogP) is 3.13. The number of benzene rings is 1. The number of halogens is 1. The topological polar surface area (TPSA) is 41.6 Å². The van der Waals surface area contributed by atoms with Crippen LogP contribution in [0.25, 0.3) is 6.08 Å². The van der Waals surface area contributed by atoms with Crippen molar-refractivity contribution in [2.24, 2.45) is 0 Å². The van der Waals surface area contributed by atoms with Gasteiger partial charge < -0.3 is 9.64 Å². The molecule has 24 heavy (non-hydrogen) atoms. The van der Waals surface area contributed by atoms with E-state index in [0.29, 0.717) is 11.7 Å². The van der Waals surface area contributed by atoms with Gasteiger partial charge in [0.15, 0.2) is 5.11 Å². The second-order valence-corrected chi connectivity index (χ2v) is 6.15. The molecule has 1 heterocycles. The molecule has 130 valence electrons. The summed E-state index contributed by atoms with van der Waals surface area (Å²) in [6.07, 6.45) is 6.25. The molecule has 1 N–H and O–H groups in total. The van der Waals surface area contributed by atoms with Crippen LogP contribution in [0.2, 0.25) is 0 Å². The molecule has 0 spiro atoms. The number of hydrogen-bond donors (Lipinski definition) is 1. The van der Waals surface area contributed by atoms with Crippen molar-refractivity contribution in [3.63, 3.8) is 0 Å². The summed E-state index contributed by atoms with van der Waals surface area (Å²) in [6, 6.07) is 5.93. The van der Waals surface area contributed by atoms with Gasteiger partial charge in [0.25, 0.3) is 0 Å². The van der Waals surface area contributed by atoms with Gasteiger partial charge in [0.2, 0.25) is 5.91 Å². The fourth-order valence-electron chi connectivity index (χ4n) is 2.55. The van der Waals surface area contributed by atoms with Crippen LogP contribution < -0.4 is 5.32 Å². The smallest absolute Gasteiger partial charge is 0.250 e. The third-order valence-electron chi connectivity index (χ3n) is 3.76. The molecule has 1 saturated heterocycles. The maximum atomic E-state index is 12.8. The van der Waals surface area contributed by atoms with E-state index < -0.39 is 0 Å². The molecule has 1 fully saturated rings. The molecular weight excluding hydrogens is 327 g/mol. The molecule has 1 unspecified atom stereocenters.